The molecule has 2 aromatic carbocycles. The molecule has 0 spiro atoms. The highest BCUT2D eigenvalue weighted by molar-refractivity contribution is 7.99. The molecule has 0 saturated carbocycles. The molecule has 0 unspecified atom stereocenters. The van der Waals surface area contributed by atoms with Crippen molar-refractivity contribution < 1.29 is 13.9 Å². The fourth-order valence-electron chi connectivity index (χ4n) is 2.54. The Morgan fingerprint density at radius 2 is 1.86 bits per heavy atom. The van der Waals surface area contributed by atoms with Gasteiger partial charge in [-0.3, -0.25) is 4.79 Å². The molecule has 2 aromatic heterocycles. The Hall–Kier alpha value is -3.72. The molecule has 9 heteroatoms. The van der Waals surface area contributed by atoms with E-state index >= 15 is 0 Å². The van der Waals surface area contributed by atoms with Crippen molar-refractivity contribution in [3.8, 4) is 23.1 Å². The van der Waals surface area contributed by atoms with Crippen molar-refractivity contribution in [1.82, 2.24) is 14.9 Å². The number of anilines is 1. The molecule has 0 bridgehead atoms. The van der Waals surface area contributed by atoms with Crippen LogP contribution < -0.4 is 15.9 Å². The number of furan rings is 1. The number of hydrogen-bond donors (Lipinski definition) is 2. The summed E-state index contributed by atoms with van der Waals surface area (Å²) in [5, 5.41) is 11.3. The van der Waals surface area contributed by atoms with Crippen LogP contribution in [0, 0.1) is 0 Å². The standard InChI is InChI=1S/C20H17N5O3S/c21-25-19(17-11-6-12-27-17)23-24-20(25)29-13-18(26)22-15-9-4-5-10-16(15)28-14-7-2-1-3-8-14/h1-12H,13,21H2,(H,22,26). The van der Waals surface area contributed by atoms with Crippen LogP contribution in [-0.2, 0) is 4.79 Å². The minimum absolute atomic E-state index is 0.104. The number of carbonyl (C=O) groups excluding carboxylic acids is 1. The van der Waals surface area contributed by atoms with Gasteiger partial charge in [-0.25, -0.2) is 4.68 Å². The van der Waals surface area contributed by atoms with Crippen molar-refractivity contribution in [2.24, 2.45) is 0 Å². The summed E-state index contributed by atoms with van der Waals surface area (Å²) in [6.07, 6.45) is 1.53. The van der Waals surface area contributed by atoms with Crippen LogP contribution in [0.5, 0.6) is 11.5 Å². The highest BCUT2D eigenvalue weighted by atomic mass is 32.2. The van der Waals surface area contributed by atoms with Crippen LogP contribution in [0.2, 0.25) is 0 Å². The van der Waals surface area contributed by atoms with Crippen LogP contribution >= 0.6 is 11.8 Å². The molecule has 8 nitrogen and oxygen atoms in total. The summed E-state index contributed by atoms with van der Waals surface area (Å²) in [6.45, 7) is 0. The SMILES string of the molecule is Nn1c(SCC(=O)Nc2ccccc2Oc2ccccc2)nnc1-c1ccco1. The Balaban J connectivity index is 1.40. The molecule has 0 fully saturated rings. The summed E-state index contributed by atoms with van der Waals surface area (Å²) in [5.74, 6) is 8.02. The van der Waals surface area contributed by atoms with Crippen molar-refractivity contribution in [3.05, 3.63) is 73.0 Å². The van der Waals surface area contributed by atoms with E-state index in [9.17, 15) is 4.79 Å². The second-order valence-electron chi connectivity index (χ2n) is 5.90. The third kappa shape index (κ3) is 4.41. The second kappa shape index (κ2) is 8.53. The van der Waals surface area contributed by atoms with E-state index in [2.05, 4.69) is 15.5 Å². The van der Waals surface area contributed by atoms with E-state index in [1.807, 2.05) is 42.5 Å². The predicted octanol–water partition coefficient (Wildman–Crippen LogP) is 3.78. The smallest absolute Gasteiger partial charge is 0.234 e. The van der Waals surface area contributed by atoms with Crippen LogP contribution in [0.4, 0.5) is 5.69 Å². The maximum atomic E-state index is 12.4. The van der Waals surface area contributed by atoms with E-state index in [0.717, 1.165) is 0 Å². The van der Waals surface area contributed by atoms with Gasteiger partial charge in [-0.1, -0.05) is 42.1 Å². The summed E-state index contributed by atoms with van der Waals surface area (Å²) >= 11 is 1.17. The number of amides is 1. The highest BCUT2D eigenvalue weighted by Crippen LogP contribution is 2.29. The molecule has 3 N–H and O–H groups in total. The molecular weight excluding hydrogens is 390 g/mol. The predicted molar refractivity (Wildman–Crippen MR) is 110 cm³/mol. The number of thioether (sulfide) groups is 1. The highest BCUT2D eigenvalue weighted by Gasteiger charge is 2.16. The van der Waals surface area contributed by atoms with Crippen molar-refractivity contribution in [3.63, 3.8) is 0 Å². The number of rotatable bonds is 7. The normalized spacial score (nSPS) is 10.6. The number of hydrogen-bond acceptors (Lipinski definition) is 7. The van der Waals surface area contributed by atoms with Crippen molar-refractivity contribution in [1.29, 1.82) is 0 Å². The number of nitrogens with zero attached hydrogens (tertiary/aromatic N) is 3. The zero-order valence-electron chi connectivity index (χ0n) is 15.2. The first-order valence-corrected chi connectivity index (χ1v) is 9.68. The lowest BCUT2D eigenvalue weighted by Gasteiger charge is -2.12. The third-order valence-electron chi connectivity index (χ3n) is 3.87. The number of ether oxygens (including phenoxy) is 1. The van der Waals surface area contributed by atoms with Gasteiger partial charge in [-0.05, 0) is 36.4 Å². The zero-order valence-corrected chi connectivity index (χ0v) is 16.0. The lowest BCUT2D eigenvalue weighted by atomic mass is 10.3. The molecule has 4 aromatic rings. The van der Waals surface area contributed by atoms with Crippen LogP contribution in [0.25, 0.3) is 11.6 Å². The van der Waals surface area contributed by atoms with Crippen molar-refractivity contribution >= 4 is 23.4 Å². The van der Waals surface area contributed by atoms with Gasteiger partial charge in [0.05, 0.1) is 17.7 Å². The van der Waals surface area contributed by atoms with E-state index < -0.39 is 0 Å². The van der Waals surface area contributed by atoms with Crippen LogP contribution in [-0.4, -0.2) is 26.5 Å². The monoisotopic (exact) mass is 407 g/mol. The molecule has 4 rings (SSSR count). The topological polar surface area (TPSA) is 108 Å². The molecule has 0 radical (unpaired) electrons. The maximum Gasteiger partial charge on any atom is 0.234 e. The van der Waals surface area contributed by atoms with E-state index in [-0.39, 0.29) is 11.7 Å². The number of aromatic nitrogens is 3. The first-order chi connectivity index (χ1) is 14.2. The van der Waals surface area contributed by atoms with E-state index in [0.29, 0.717) is 33.9 Å². The summed E-state index contributed by atoms with van der Waals surface area (Å²) in [5.41, 5.74) is 0.576. The van der Waals surface area contributed by atoms with Crippen molar-refractivity contribution in [2.75, 3.05) is 16.9 Å². The Labute approximate surface area is 170 Å². The number of nitrogens with two attached hydrogens (primary N) is 1. The van der Waals surface area contributed by atoms with Gasteiger partial charge in [0.2, 0.25) is 16.9 Å². The quantitative estimate of drug-likeness (QED) is 0.354. The minimum atomic E-state index is -0.221. The summed E-state index contributed by atoms with van der Waals surface area (Å²) < 4.78 is 12.4. The molecule has 1 amide bonds. The lowest BCUT2D eigenvalue weighted by molar-refractivity contribution is -0.113. The molecule has 29 heavy (non-hydrogen) atoms. The summed E-state index contributed by atoms with van der Waals surface area (Å²) in [6, 6.07) is 20.1. The number of carbonyl (C=O) groups is 1. The van der Waals surface area contributed by atoms with Gasteiger partial charge in [-0.2, -0.15) is 0 Å². The third-order valence-corrected chi connectivity index (χ3v) is 4.81. The number of nitrogens with one attached hydrogen (secondary N) is 1. The van der Waals surface area contributed by atoms with Crippen LogP contribution in [0.15, 0.2) is 82.6 Å². The Kier molecular flexibility index (Phi) is 5.48. The number of benzene rings is 2. The van der Waals surface area contributed by atoms with Gasteiger partial charge in [-0.15, -0.1) is 10.2 Å². The van der Waals surface area contributed by atoms with E-state index in [1.54, 1.807) is 24.3 Å². The van der Waals surface area contributed by atoms with Gasteiger partial charge in [0.25, 0.3) is 0 Å². The van der Waals surface area contributed by atoms with E-state index in [1.165, 1.54) is 22.7 Å². The zero-order chi connectivity index (χ0) is 20.1. The van der Waals surface area contributed by atoms with Gasteiger partial charge in [0, 0.05) is 0 Å². The Bertz CT molecular complexity index is 1100. The molecule has 0 atom stereocenters. The second-order valence-corrected chi connectivity index (χ2v) is 6.84. The number of para-hydroxylation sites is 3. The first-order valence-electron chi connectivity index (χ1n) is 8.69. The molecule has 146 valence electrons. The fourth-order valence-corrected chi connectivity index (χ4v) is 3.20. The maximum absolute atomic E-state index is 12.4. The van der Waals surface area contributed by atoms with Gasteiger partial charge in [0.15, 0.2) is 11.5 Å². The van der Waals surface area contributed by atoms with Crippen molar-refractivity contribution in [2.45, 2.75) is 5.16 Å². The first kappa shape index (κ1) is 18.6. The average molecular weight is 407 g/mol. The molecule has 0 aliphatic heterocycles. The molecule has 0 aliphatic rings. The lowest BCUT2D eigenvalue weighted by Crippen LogP contribution is -2.16. The minimum Gasteiger partial charge on any atom is -0.461 e. The molecule has 0 aliphatic carbocycles. The van der Waals surface area contributed by atoms with Crippen LogP contribution in [0.1, 0.15) is 0 Å². The largest absolute Gasteiger partial charge is 0.461 e. The molecule has 2 heterocycles. The van der Waals surface area contributed by atoms with Gasteiger partial charge >= 0.3 is 0 Å². The van der Waals surface area contributed by atoms with Gasteiger partial charge in [0.1, 0.15) is 5.75 Å². The Morgan fingerprint density at radius 3 is 2.66 bits per heavy atom. The fraction of sp³-hybridized carbons (Fsp3) is 0.0500. The molecule has 0 saturated heterocycles. The Morgan fingerprint density at radius 1 is 1.07 bits per heavy atom. The summed E-state index contributed by atoms with van der Waals surface area (Å²) in [4.78, 5) is 12.4. The van der Waals surface area contributed by atoms with E-state index in [4.69, 9.17) is 15.0 Å². The molecular formula is C20H17N5O3S. The summed E-state index contributed by atoms with van der Waals surface area (Å²) in [7, 11) is 0. The van der Waals surface area contributed by atoms with Crippen LogP contribution in [0.3, 0.4) is 0 Å². The van der Waals surface area contributed by atoms with Gasteiger partial charge < -0.3 is 20.3 Å². The number of nitrogen functional groups attached to an aromatic ring is 1. The average Bonchev–Trinajstić information content (AvgIpc) is 3.38.